The molecule has 1 aromatic rings. The normalized spacial score (nSPS) is 29.4. The molecule has 4 nitrogen and oxygen atoms in total. The molecule has 0 aromatic heterocycles. The molecule has 0 amide bonds. The molecule has 1 N–H and O–H groups in total. The van der Waals surface area contributed by atoms with E-state index in [1.165, 1.54) is 38.4 Å². The van der Waals surface area contributed by atoms with Gasteiger partial charge in [0.05, 0.1) is 7.11 Å². The first-order valence-corrected chi connectivity index (χ1v) is 9.35. The minimum absolute atomic E-state index is 0.215. The van der Waals surface area contributed by atoms with Crippen LogP contribution in [0.1, 0.15) is 80.4 Å². The van der Waals surface area contributed by atoms with Gasteiger partial charge in [-0.3, -0.25) is 4.79 Å². The van der Waals surface area contributed by atoms with Crippen molar-refractivity contribution in [2.75, 3.05) is 7.11 Å². The zero-order valence-electron chi connectivity index (χ0n) is 15.0. The molecule has 1 fully saturated rings. The van der Waals surface area contributed by atoms with Gasteiger partial charge in [0.25, 0.3) is 0 Å². The van der Waals surface area contributed by atoms with E-state index in [1.54, 1.807) is 0 Å². The second-order valence-corrected chi connectivity index (χ2v) is 7.87. The minimum Gasteiger partial charge on any atom is -0.508 e. The monoisotopic (exact) mass is 342 g/mol. The number of carbonyl (C=O) groups excluding carboxylic acids is 1. The Morgan fingerprint density at radius 1 is 1.28 bits per heavy atom. The summed E-state index contributed by atoms with van der Waals surface area (Å²) in [6.45, 7) is 2.02. The number of phenols is 1. The van der Waals surface area contributed by atoms with Crippen molar-refractivity contribution in [2.24, 2.45) is 0 Å². The van der Waals surface area contributed by atoms with Gasteiger partial charge in [0.2, 0.25) is 0 Å². The molecular weight excluding hydrogens is 316 g/mol. The Labute approximate surface area is 148 Å². The summed E-state index contributed by atoms with van der Waals surface area (Å²) in [5.74, 6) is 2.07. The van der Waals surface area contributed by atoms with Crippen LogP contribution in [0.4, 0.5) is 0 Å². The van der Waals surface area contributed by atoms with Gasteiger partial charge in [-0.1, -0.05) is 12.5 Å². The lowest BCUT2D eigenvalue weighted by Gasteiger charge is -2.37. The van der Waals surface area contributed by atoms with Gasteiger partial charge in [-0.2, -0.15) is 0 Å². The number of fused-ring (bicyclic) bond motifs is 4. The highest BCUT2D eigenvalue weighted by Gasteiger charge is 2.39. The number of phenolic OH excluding ortho intramolecular Hbond substituents is 1. The first-order valence-electron chi connectivity index (χ1n) is 9.35. The molecule has 134 valence electrons. The Morgan fingerprint density at radius 3 is 2.72 bits per heavy atom. The Morgan fingerprint density at radius 2 is 2.00 bits per heavy atom. The molecular formula is C21H26O4. The largest absolute Gasteiger partial charge is 0.508 e. The van der Waals surface area contributed by atoms with Crippen molar-refractivity contribution in [3.63, 3.8) is 0 Å². The number of hydrogen-bond acceptors (Lipinski definition) is 4. The van der Waals surface area contributed by atoms with Crippen LogP contribution in [0.5, 0.6) is 11.5 Å². The molecule has 4 heteroatoms. The molecule has 2 bridgehead atoms. The SMILES string of the molecule is COC(=O)CCC1(C)C=Cc2cc(O)c3c(c2O1)C1CCCC3CC1. The molecule has 0 radical (unpaired) electrons. The Hall–Kier alpha value is -1.97. The fraction of sp³-hybridized carbons (Fsp3) is 0.571. The van der Waals surface area contributed by atoms with Crippen molar-refractivity contribution in [3.8, 4) is 11.5 Å². The predicted molar refractivity (Wildman–Crippen MR) is 96.0 cm³/mol. The molecule has 1 heterocycles. The second-order valence-electron chi connectivity index (χ2n) is 7.87. The van der Waals surface area contributed by atoms with Gasteiger partial charge in [0.1, 0.15) is 17.1 Å². The Balaban J connectivity index is 1.73. The number of esters is 1. The van der Waals surface area contributed by atoms with Crippen molar-refractivity contribution in [1.82, 2.24) is 0 Å². The molecule has 1 saturated carbocycles. The lowest BCUT2D eigenvalue weighted by atomic mass is 9.76. The van der Waals surface area contributed by atoms with Crippen LogP contribution in [0.3, 0.4) is 0 Å². The quantitative estimate of drug-likeness (QED) is 0.812. The van der Waals surface area contributed by atoms with Crippen LogP contribution in [-0.4, -0.2) is 23.8 Å². The highest BCUT2D eigenvalue weighted by Crippen LogP contribution is 2.55. The van der Waals surface area contributed by atoms with E-state index in [4.69, 9.17) is 9.47 Å². The van der Waals surface area contributed by atoms with Crippen molar-refractivity contribution < 1.29 is 19.4 Å². The fourth-order valence-electron chi connectivity index (χ4n) is 4.78. The average Bonchev–Trinajstić information content (AvgIpc) is 2.95. The summed E-state index contributed by atoms with van der Waals surface area (Å²) < 4.78 is 11.2. The maximum Gasteiger partial charge on any atom is 0.305 e. The maximum absolute atomic E-state index is 11.5. The molecule has 4 aliphatic rings. The van der Waals surface area contributed by atoms with E-state index in [0.717, 1.165) is 23.3 Å². The summed E-state index contributed by atoms with van der Waals surface area (Å²) in [4.78, 5) is 11.5. The van der Waals surface area contributed by atoms with Gasteiger partial charge in [0, 0.05) is 29.5 Å². The van der Waals surface area contributed by atoms with Gasteiger partial charge in [0.15, 0.2) is 0 Å². The molecule has 1 aliphatic heterocycles. The minimum atomic E-state index is -0.516. The first-order chi connectivity index (χ1) is 12.0. The molecule has 5 rings (SSSR count). The molecule has 3 unspecified atom stereocenters. The zero-order chi connectivity index (χ0) is 17.6. The molecule has 25 heavy (non-hydrogen) atoms. The summed E-state index contributed by atoms with van der Waals surface area (Å²) in [7, 11) is 1.41. The van der Waals surface area contributed by atoms with Gasteiger partial charge >= 0.3 is 5.97 Å². The highest BCUT2D eigenvalue weighted by molar-refractivity contribution is 5.71. The number of aromatic hydroxyl groups is 1. The van der Waals surface area contributed by atoms with Crippen LogP contribution >= 0.6 is 0 Å². The van der Waals surface area contributed by atoms with E-state index >= 15 is 0 Å². The number of methoxy groups -OCH3 is 1. The Bertz CT molecular complexity index is 732. The van der Waals surface area contributed by atoms with Crippen LogP contribution in [0.15, 0.2) is 12.1 Å². The van der Waals surface area contributed by atoms with Crippen molar-refractivity contribution in [3.05, 3.63) is 28.8 Å². The molecule has 0 spiro atoms. The van der Waals surface area contributed by atoms with E-state index in [-0.39, 0.29) is 5.97 Å². The van der Waals surface area contributed by atoms with Crippen LogP contribution < -0.4 is 4.74 Å². The smallest absolute Gasteiger partial charge is 0.305 e. The van der Waals surface area contributed by atoms with Gasteiger partial charge in [-0.05, 0) is 56.6 Å². The number of hydrogen-bond donors (Lipinski definition) is 1. The van der Waals surface area contributed by atoms with Gasteiger partial charge < -0.3 is 14.6 Å². The number of rotatable bonds is 3. The lowest BCUT2D eigenvalue weighted by molar-refractivity contribution is -0.141. The topological polar surface area (TPSA) is 55.8 Å². The summed E-state index contributed by atoms with van der Waals surface area (Å²) >= 11 is 0. The lowest BCUT2D eigenvalue weighted by Crippen LogP contribution is -2.34. The van der Waals surface area contributed by atoms with Crippen molar-refractivity contribution in [1.29, 1.82) is 0 Å². The first kappa shape index (κ1) is 16.5. The number of ether oxygens (including phenoxy) is 2. The Kier molecular flexibility index (Phi) is 4.01. The summed E-state index contributed by atoms with van der Waals surface area (Å²) in [5, 5.41) is 10.6. The molecule has 3 aliphatic carbocycles. The number of carbonyl (C=O) groups is 1. The van der Waals surface area contributed by atoms with E-state index in [0.29, 0.717) is 30.4 Å². The predicted octanol–water partition coefficient (Wildman–Crippen LogP) is 4.65. The maximum atomic E-state index is 11.5. The second kappa shape index (κ2) is 6.08. The van der Waals surface area contributed by atoms with E-state index in [2.05, 4.69) is 0 Å². The zero-order valence-corrected chi connectivity index (χ0v) is 15.0. The third kappa shape index (κ3) is 2.82. The van der Waals surface area contributed by atoms with Crippen LogP contribution in [0.2, 0.25) is 0 Å². The summed E-state index contributed by atoms with van der Waals surface area (Å²) in [6.07, 6.45) is 10.8. The third-order valence-corrected chi connectivity index (χ3v) is 6.15. The van der Waals surface area contributed by atoms with Crippen molar-refractivity contribution >= 4 is 12.0 Å². The molecule has 3 atom stereocenters. The van der Waals surface area contributed by atoms with E-state index in [9.17, 15) is 9.90 Å². The van der Waals surface area contributed by atoms with Crippen LogP contribution in [-0.2, 0) is 9.53 Å². The fourth-order valence-corrected chi connectivity index (χ4v) is 4.78. The van der Waals surface area contributed by atoms with Gasteiger partial charge in [-0.25, -0.2) is 0 Å². The standard InChI is InChI=1S/C21H26O4/c1-21(11-9-17(23)24-2)10-8-15-12-16(22)18-13-4-3-5-14(7-6-13)19(18)20(15)25-21/h8,10,12-14,22H,3-7,9,11H2,1-2H3. The number of benzene rings is 1. The van der Waals surface area contributed by atoms with Crippen LogP contribution in [0, 0.1) is 0 Å². The highest BCUT2D eigenvalue weighted by atomic mass is 16.5. The molecule has 1 aromatic carbocycles. The van der Waals surface area contributed by atoms with E-state index < -0.39 is 5.60 Å². The van der Waals surface area contributed by atoms with E-state index in [1.807, 2.05) is 25.1 Å². The van der Waals surface area contributed by atoms with Crippen molar-refractivity contribution in [2.45, 2.75) is 69.3 Å². The third-order valence-electron chi connectivity index (χ3n) is 6.15. The van der Waals surface area contributed by atoms with Gasteiger partial charge in [-0.15, -0.1) is 0 Å². The summed E-state index contributed by atoms with van der Waals surface area (Å²) in [6, 6.07) is 1.85. The summed E-state index contributed by atoms with van der Waals surface area (Å²) in [5.41, 5.74) is 2.80. The molecule has 0 saturated heterocycles. The van der Waals surface area contributed by atoms with Crippen LogP contribution in [0.25, 0.3) is 6.08 Å². The average molecular weight is 342 g/mol.